The molecule has 0 radical (unpaired) electrons. The Labute approximate surface area is 130 Å². The molecule has 0 amide bonds. The van der Waals surface area contributed by atoms with Gasteiger partial charge in [-0.3, -0.25) is 4.79 Å². The molecule has 4 rings (SSSR count). The van der Waals surface area contributed by atoms with Crippen molar-refractivity contribution in [3.8, 4) is 5.75 Å². The van der Waals surface area contributed by atoms with Gasteiger partial charge in [-0.05, 0) is 49.1 Å². The predicted octanol–water partition coefficient (Wildman–Crippen LogP) is 4.12. The van der Waals surface area contributed by atoms with E-state index in [1.807, 2.05) is 38.1 Å². The van der Waals surface area contributed by atoms with Gasteiger partial charge in [0.05, 0.1) is 0 Å². The highest BCUT2D eigenvalue weighted by Crippen LogP contribution is 2.48. The van der Waals surface area contributed by atoms with Crippen molar-refractivity contribution in [2.45, 2.75) is 32.8 Å². The van der Waals surface area contributed by atoms with Gasteiger partial charge in [-0.2, -0.15) is 0 Å². The zero-order chi connectivity index (χ0) is 15.5. The summed E-state index contributed by atoms with van der Waals surface area (Å²) in [6.07, 6.45) is 2.58. The van der Waals surface area contributed by atoms with E-state index in [2.05, 4.69) is 25.1 Å². The molecule has 2 heteroatoms. The maximum Gasteiger partial charge on any atom is 0.207 e. The van der Waals surface area contributed by atoms with E-state index in [1.165, 1.54) is 5.56 Å². The molecule has 0 N–H and O–H groups in total. The van der Waals surface area contributed by atoms with Crippen molar-refractivity contribution in [2.75, 3.05) is 0 Å². The van der Waals surface area contributed by atoms with Gasteiger partial charge in [0.25, 0.3) is 0 Å². The molecule has 1 atom stereocenters. The SMILES string of the molecule is CC1=Cc2ccccc2[C@]2(Cc3cc(C)cc(C)c3O2)C1=O. The first-order valence-electron chi connectivity index (χ1n) is 7.63. The van der Waals surface area contributed by atoms with E-state index in [0.29, 0.717) is 6.42 Å². The summed E-state index contributed by atoms with van der Waals surface area (Å²) in [5.41, 5.74) is 5.40. The van der Waals surface area contributed by atoms with E-state index >= 15 is 0 Å². The van der Waals surface area contributed by atoms with Crippen molar-refractivity contribution in [2.24, 2.45) is 0 Å². The molecule has 0 aromatic heterocycles. The van der Waals surface area contributed by atoms with E-state index < -0.39 is 5.60 Å². The molecule has 2 aromatic rings. The summed E-state index contributed by atoms with van der Waals surface area (Å²) in [5.74, 6) is 0.961. The molecule has 1 aliphatic carbocycles. The van der Waals surface area contributed by atoms with Gasteiger partial charge < -0.3 is 4.74 Å². The molecule has 0 bridgehead atoms. The Balaban J connectivity index is 1.95. The van der Waals surface area contributed by atoms with Crippen LogP contribution >= 0.6 is 0 Å². The van der Waals surface area contributed by atoms with Gasteiger partial charge in [0.1, 0.15) is 5.75 Å². The number of ether oxygens (including phenoxy) is 1. The standard InChI is InChI=1S/C20H18O2/c1-12-8-13(2)18-16(9-12)11-20(22-18)17-7-5-4-6-15(17)10-14(3)19(20)21/h4-10H,11H2,1-3H3/t20-/m1/s1. The van der Waals surface area contributed by atoms with Gasteiger partial charge >= 0.3 is 0 Å². The molecule has 2 nitrogen and oxygen atoms in total. The Morgan fingerprint density at radius 3 is 2.68 bits per heavy atom. The number of aryl methyl sites for hydroxylation is 2. The largest absolute Gasteiger partial charge is 0.473 e. The Bertz CT molecular complexity index is 845. The number of rotatable bonds is 0. The average molecular weight is 290 g/mol. The van der Waals surface area contributed by atoms with Crippen LogP contribution in [0.1, 0.15) is 34.7 Å². The molecule has 0 saturated carbocycles. The molecular formula is C20H18O2. The fourth-order valence-corrected chi connectivity index (χ4v) is 3.81. The summed E-state index contributed by atoms with van der Waals surface area (Å²) >= 11 is 0. The molecule has 22 heavy (non-hydrogen) atoms. The third-order valence-corrected chi connectivity index (χ3v) is 4.70. The molecule has 1 spiro atoms. The Morgan fingerprint density at radius 1 is 1.09 bits per heavy atom. The fourth-order valence-electron chi connectivity index (χ4n) is 3.81. The monoisotopic (exact) mass is 290 g/mol. The zero-order valence-corrected chi connectivity index (χ0v) is 13.1. The van der Waals surface area contributed by atoms with E-state index in [4.69, 9.17) is 4.74 Å². The van der Waals surface area contributed by atoms with Gasteiger partial charge in [0, 0.05) is 12.0 Å². The quantitative estimate of drug-likeness (QED) is 0.729. The molecule has 2 aromatic carbocycles. The Hall–Kier alpha value is -2.35. The number of fused-ring (bicyclic) bond motifs is 3. The Kier molecular flexibility index (Phi) is 2.62. The first kappa shape index (κ1) is 13.3. The van der Waals surface area contributed by atoms with Crippen molar-refractivity contribution in [3.63, 3.8) is 0 Å². The highest BCUT2D eigenvalue weighted by molar-refractivity contribution is 6.09. The number of hydrogen-bond donors (Lipinski definition) is 0. The maximum atomic E-state index is 13.0. The van der Waals surface area contributed by atoms with Crippen LogP contribution in [0.4, 0.5) is 0 Å². The van der Waals surface area contributed by atoms with Crippen LogP contribution in [-0.4, -0.2) is 5.78 Å². The highest BCUT2D eigenvalue weighted by atomic mass is 16.5. The normalized spacial score (nSPS) is 22.1. The second kappa shape index (κ2) is 4.33. The number of ketones is 1. The van der Waals surface area contributed by atoms with Gasteiger partial charge in [-0.25, -0.2) is 0 Å². The van der Waals surface area contributed by atoms with Crippen molar-refractivity contribution in [3.05, 3.63) is 69.8 Å². The van der Waals surface area contributed by atoms with Gasteiger partial charge in [-0.1, -0.05) is 42.0 Å². The Morgan fingerprint density at radius 2 is 1.86 bits per heavy atom. The number of hydrogen-bond acceptors (Lipinski definition) is 2. The van der Waals surface area contributed by atoms with Gasteiger partial charge in [0.15, 0.2) is 0 Å². The molecule has 0 unspecified atom stereocenters. The second-order valence-electron chi connectivity index (χ2n) is 6.42. The number of benzene rings is 2. The van der Waals surface area contributed by atoms with Crippen LogP contribution in [0.5, 0.6) is 5.75 Å². The average Bonchev–Trinajstić information content (AvgIpc) is 2.86. The minimum Gasteiger partial charge on any atom is -0.473 e. The molecular weight excluding hydrogens is 272 g/mol. The van der Waals surface area contributed by atoms with Crippen LogP contribution in [0.3, 0.4) is 0 Å². The molecule has 2 aliphatic rings. The molecule has 110 valence electrons. The van der Waals surface area contributed by atoms with Crippen LogP contribution in [-0.2, 0) is 16.8 Å². The lowest BCUT2D eigenvalue weighted by molar-refractivity contribution is -0.130. The second-order valence-corrected chi connectivity index (χ2v) is 6.42. The zero-order valence-electron chi connectivity index (χ0n) is 13.1. The van der Waals surface area contributed by atoms with Crippen LogP contribution < -0.4 is 4.74 Å². The molecule has 1 heterocycles. The first-order chi connectivity index (χ1) is 10.5. The first-order valence-corrected chi connectivity index (χ1v) is 7.63. The number of carbonyl (C=O) groups excluding carboxylic acids is 1. The number of Topliss-reactive ketones (excluding diaryl/α,β-unsaturated/α-hetero) is 1. The lowest BCUT2D eigenvalue weighted by atomic mass is 9.76. The van der Waals surface area contributed by atoms with Gasteiger partial charge in [0.2, 0.25) is 11.4 Å². The molecule has 0 fully saturated rings. The topological polar surface area (TPSA) is 26.3 Å². The predicted molar refractivity (Wildman–Crippen MR) is 87.0 cm³/mol. The smallest absolute Gasteiger partial charge is 0.207 e. The van der Waals surface area contributed by atoms with Crippen molar-refractivity contribution in [1.29, 1.82) is 0 Å². The van der Waals surface area contributed by atoms with Crippen LogP contribution in [0.15, 0.2) is 42.0 Å². The summed E-state index contributed by atoms with van der Waals surface area (Å²) in [4.78, 5) is 13.0. The lowest BCUT2D eigenvalue weighted by Crippen LogP contribution is -2.43. The summed E-state index contributed by atoms with van der Waals surface area (Å²) < 4.78 is 6.34. The minimum atomic E-state index is -0.879. The highest BCUT2D eigenvalue weighted by Gasteiger charge is 2.50. The lowest BCUT2D eigenvalue weighted by Gasteiger charge is -2.32. The van der Waals surface area contributed by atoms with Crippen LogP contribution in [0, 0.1) is 13.8 Å². The van der Waals surface area contributed by atoms with E-state index in [9.17, 15) is 4.79 Å². The van der Waals surface area contributed by atoms with E-state index in [-0.39, 0.29) is 5.78 Å². The minimum absolute atomic E-state index is 0.0828. The number of carbonyl (C=O) groups is 1. The van der Waals surface area contributed by atoms with E-state index in [0.717, 1.165) is 33.6 Å². The van der Waals surface area contributed by atoms with Crippen molar-refractivity contribution < 1.29 is 9.53 Å². The summed E-state index contributed by atoms with van der Waals surface area (Å²) in [6, 6.07) is 12.3. The van der Waals surface area contributed by atoms with E-state index in [1.54, 1.807) is 0 Å². The molecule has 1 aliphatic heterocycles. The van der Waals surface area contributed by atoms with Crippen LogP contribution in [0.2, 0.25) is 0 Å². The van der Waals surface area contributed by atoms with Crippen LogP contribution in [0.25, 0.3) is 6.08 Å². The third kappa shape index (κ3) is 1.64. The van der Waals surface area contributed by atoms with Crippen molar-refractivity contribution >= 4 is 11.9 Å². The fraction of sp³-hybridized carbons (Fsp3) is 0.250. The summed E-state index contributed by atoms with van der Waals surface area (Å²) in [5, 5.41) is 0. The summed E-state index contributed by atoms with van der Waals surface area (Å²) in [6.45, 7) is 6.01. The maximum absolute atomic E-state index is 13.0. The van der Waals surface area contributed by atoms with Gasteiger partial charge in [-0.15, -0.1) is 0 Å². The van der Waals surface area contributed by atoms with Crippen molar-refractivity contribution in [1.82, 2.24) is 0 Å². The summed E-state index contributed by atoms with van der Waals surface area (Å²) in [7, 11) is 0. The molecule has 0 saturated heterocycles. The third-order valence-electron chi connectivity index (χ3n) is 4.70.